The fraction of sp³-hybridized carbons (Fsp3) is 0.333. The van der Waals surface area contributed by atoms with Crippen LogP contribution in [0.4, 0.5) is 24.5 Å². The molecule has 12 heteroatoms. The summed E-state index contributed by atoms with van der Waals surface area (Å²) < 4.78 is 43.5. The molecule has 1 aliphatic carbocycles. The van der Waals surface area contributed by atoms with Crippen LogP contribution in [0, 0.1) is 17.8 Å². The molecule has 0 spiro atoms. The molecule has 1 aromatic carbocycles. The number of hydrogen-bond donors (Lipinski definition) is 4. The van der Waals surface area contributed by atoms with Crippen LogP contribution in [-0.2, 0) is 0 Å². The molecule has 1 fully saturated rings. The van der Waals surface area contributed by atoms with Crippen LogP contribution in [0.5, 0.6) is 0 Å². The Morgan fingerprint density at radius 3 is 2.69 bits per heavy atom. The summed E-state index contributed by atoms with van der Waals surface area (Å²) in [5.41, 5.74) is 8.39. The maximum Gasteiger partial charge on any atom is 0.413 e. The van der Waals surface area contributed by atoms with Crippen LogP contribution in [0.25, 0.3) is 16.4 Å². The standard InChI is InChI=1S/C30H30ClF3N8/c1-5-18-15-35-26-21(25(18)36-17-28(2,3)4)13-19(14-22(26)31)38-27(20-7-6-12-41-24(20)8-11-37-41)23-16-42(40-39-23)29(9-10-29)30(32,33)34/h1,6-8,11-16,27,38-40H,9-10,17H2,2-4H3,(H,35,36)/t27-/m0/s1. The molecule has 0 saturated heterocycles. The van der Waals surface area contributed by atoms with Crippen molar-refractivity contribution in [2.75, 3.05) is 17.2 Å². The van der Waals surface area contributed by atoms with E-state index in [0.29, 0.717) is 34.0 Å². The minimum absolute atomic E-state index is 0.0143. The number of aromatic nitrogens is 3. The number of pyridine rings is 2. The smallest absolute Gasteiger partial charge is 0.383 e. The number of nitrogens with one attached hydrogen (secondary N) is 4. The number of hydrogen-bond acceptors (Lipinski definition) is 7. The van der Waals surface area contributed by atoms with Crippen LogP contribution in [0.1, 0.15) is 50.8 Å². The third kappa shape index (κ3) is 4.95. The highest BCUT2D eigenvalue weighted by Crippen LogP contribution is 2.54. The molecule has 3 aromatic heterocycles. The molecule has 4 heterocycles. The van der Waals surface area contributed by atoms with Crippen LogP contribution in [0.15, 0.2) is 60.8 Å². The van der Waals surface area contributed by atoms with E-state index in [0.717, 1.165) is 27.2 Å². The van der Waals surface area contributed by atoms with E-state index in [1.165, 1.54) is 6.20 Å². The van der Waals surface area contributed by atoms with Crippen molar-refractivity contribution < 1.29 is 13.2 Å². The second kappa shape index (κ2) is 10.00. The van der Waals surface area contributed by atoms with E-state index < -0.39 is 17.8 Å². The number of anilines is 2. The molecule has 8 nitrogen and oxygen atoms in total. The van der Waals surface area contributed by atoms with Gasteiger partial charge in [0.2, 0.25) is 0 Å². The molecule has 0 radical (unpaired) electrons. The van der Waals surface area contributed by atoms with E-state index in [1.54, 1.807) is 23.0 Å². The summed E-state index contributed by atoms with van der Waals surface area (Å²) in [7, 11) is 0. The molecule has 4 aromatic rings. The van der Waals surface area contributed by atoms with Gasteiger partial charge in [-0.15, -0.1) is 12.0 Å². The highest BCUT2D eigenvalue weighted by Gasteiger charge is 2.67. The predicted octanol–water partition coefficient (Wildman–Crippen LogP) is 6.39. The van der Waals surface area contributed by atoms with E-state index >= 15 is 0 Å². The molecule has 2 aliphatic rings. The zero-order valence-corrected chi connectivity index (χ0v) is 24.0. The van der Waals surface area contributed by atoms with Gasteiger partial charge in [0.25, 0.3) is 0 Å². The molecule has 6 rings (SSSR count). The molecule has 1 aliphatic heterocycles. The summed E-state index contributed by atoms with van der Waals surface area (Å²) in [6.07, 6.45) is 8.06. The van der Waals surface area contributed by atoms with Gasteiger partial charge in [0.05, 0.1) is 39.0 Å². The number of rotatable bonds is 7. The Morgan fingerprint density at radius 1 is 1.21 bits per heavy atom. The van der Waals surface area contributed by atoms with Crippen LogP contribution in [-0.4, -0.2) is 37.9 Å². The number of fused-ring (bicyclic) bond motifs is 2. The molecule has 1 atom stereocenters. The molecular formula is C30H30ClF3N8. The number of nitrogens with zero attached hydrogens (tertiary/aromatic N) is 4. The summed E-state index contributed by atoms with van der Waals surface area (Å²) in [6, 6.07) is 8.66. The minimum Gasteiger partial charge on any atom is -0.383 e. The van der Waals surface area contributed by atoms with Gasteiger partial charge in [-0.1, -0.05) is 44.4 Å². The topological polar surface area (TPSA) is 81.6 Å². The largest absolute Gasteiger partial charge is 0.413 e. The number of halogens is 4. The highest BCUT2D eigenvalue weighted by atomic mass is 35.5. The fourth-order valence-electron chi connectivity index (χ4n) is 5.19. The second-order valence-electron chi connectivity index (χ2n) is 11.9. The maximum absolute atomic E-state index is 13.9. The lowest BCUT2D eigenvalue weighted by Crippen LogP contribution is -2.52. The van der Waals surface area contributed by atoms with E-state index in [-0.39, 0.29) is 18.3 Å². The summed E-state index contributed by atoms with van der Waals surface area (Å²) in [5, 5.41) is 13.6. The van der Waals surface area contributed by atoms with Crippen molar-refractivity contribution >= 4 is 39.4 Å². The lowest BCUT2D eigenvalue weighted by molar-refractivity contribution is -0.195. The van der Waals surface area contributed by atoms with Gasteiger partial charge in [0.15, 0.2) is 5.54 Å². The van der Waals surface area contributed by atoms with Gasteiger partial charge in [0, 0.05) is 48.0 Å². The Kier molecular flexibility index (Phi) is 6.66. The fourth-order valence-corrected chi connectivity index (χ4v) is 5.46. The highest BCUT2D eigenvalue weighted by molar-refractivity contribution is 6.35. The summed E-state index contributed by atoms with van der Waals surface area (Å²) in [5.74, 6) is 2.71. The van der Waals surface area contributed by atoms with Crippen molar-refractivity contribution in [3.8, 4) is 12.3 Å². The Labute approximate surface area is 246 Å². The molecule has 0 unspecified atom stereocenters. The van der Waals surface area contributed by atoms with Gasteiger partial charge in [-0.05, 0) is 42.5 Å². The van der Waals surface area contributed by atoms with Gasteiger partial charge in [-0.25, -0.2) is 4.52 Å². The van der Waals surface area contributed by atoms with Crippen molar-refractivity contribution in [3.05, 3.63) is 77.0 Å². The van der Waals surface area contributed by atoms with Crippen LogP contribution in [0.2, 0.25) is 5.02 Å². The predicted molar refractivity (Wildman–Crippen MR) is 158 cm³/mol. The van der Waals surface area contributed by atoms with Crippen LogP contribution < -0.4 is 21.6 Å². The molecule has 42 heavy (non-hydrogen) atoms. The van der Waals surface area contributed by atoms with Gasteiger partial charge in [0.1, 0.15) is 0 Å². The molecule has 218 valence electrons. The lowest BCUT2D eigenvalue weighted by Gasteiger charge is -2.28. The molecular weight excluding hydrogens is 565 g/mol. The number of hydrazine groups is 2. The first-order chi connectivity index (χ1) is 19.9. The Balaban J connectivity index is 1.45. The van der Waals surface area contributed by atoms with Crippen molar-refractivity contribution in [2.24, 2.45) is 5.41 Å². The number of terminal acetylenes is 1. The van der Waals surface area contributed by atoms with E-state index in [1.807, 2.05) is 30.5 Å². The summed E-state index contributed by atoms with van der Waals surface area (Å²) in [6.45, 7) is 7.00. The summed E-state index contributed by atoms with van der Waals surface area (Å²) >= 11 is 6.76. The third-order valence-electron chi connectivity index (χ3n) is 7.58. The van der Waals surface area contributed by atoms with Gasteiger partial charge < -0.3 is 16.1 Å². The molecule has 4 N–H and O–H groups in total. The second-order valence-corrected chi connectivity index (χ2v) is 12.3. The summed E-state index contributed by atoms with van der Waals surface area (Å²) in [4.78, 5) is 4.51. The van der Waals surface area contributed by atoms with Gasteiger partial charge in [-0.2, -0.15) is 18.3 Å². The maximum atomic E-state index is 13.9. The van der Waals surface area contributed by atoms with Crippen molar-refractivity contribution in [1.82, 2.24) is 30.6 Å². The molecule has 0 amide bonds. The SMILES string of the molecule is C#Cc1cnc2c(Cl)cc(N[C@H](C3=CN(C4(C(F)(F)F)CC4)NN3)c3cccn4nccc34)cc2c1NCC(C)(C)C. The molecule has 1 saturated carbocycles. The first kappa shape index (κ1) is 28.0. The first-order valence-electron chi connectivity index (χ1n) is 13.5. The third-order valence-corrected chi connectivity index (χ3v) is 7.87. The van der Waals surface area contributed by atoms with E-state index in [4.69, 9.17) is 18.0 Å². The van der Waals surface area contributed by atoms with Gasteiger partial charge in [-0.3, -0.25) is 9.99 Å². The van der Waals surface area contributed by atoms with Crippen molar-refractivity contribution in [2.45, 2.75) is 51.4 Å². The van der Waals surface area contributed by atoms with Crippen molar-refractivity contribution in [3.63, 3.8) is 0 Å². The first-order valence-corrected chi connectivity index (χ1v) is 13.9. The number of benzene rings is 1. The minimum atomic E-state index is -4.38. The Morgan fingerprint density at radius 2 is 2.00 bits per heavy atom. The Hall–Kier alpha value is -4.14. The van der Waals surface area contributed by atoms with Crippen molar-refractivity contribution in [1.29, 1.82) is 0 Å². The zero-order valence-electron chi connectivity index (χ0n) is 23.3. The van der Waals surface area contributed by atoms with Crippen LogP contribution in [0.3, 0.4) is 0 Å². The average molecular weight is 595 g/mol. The lowest BCUT2D eigenvalue weighted by atomic mass is 9.96. The normalized spacial score (nSPS) is 17.1. The van der Waals surface area contributed by atoms with Crippen LogP contribution >= 0.6 is 11.6 Å². The Bertz CT molecular complexity index is 1740. The zero-order chi connectivity index (χ0) is 29.9. The monoisotopic (exact) mass is 594 g/mol. The quantitative estimate of drug-likeness (QED) is 0.185. The van der Waals surface area contributed by atoms with Gasteiger partial charge >= 0.3 is 6.18 Å². The van der Waals surface area contributed by atoms with E-state index in [9.17, 15) is 13.2 Å². The van der Waals surface area contributed by atoms with E-state index in [2.05, 4.69) is 58.4 Å². The number of alkyl halides is 3. The average Bonchev–Trinajstić information content (AvgIpc) is 3.37. The molecule has 0 bridgehead atoms.